The van der Waals surface area contributed by atoms with Gasteiger partial charge in [-0.2, -0.15) is 0 Å². The number of aryl methyl sites for hydroxylation is 2. The lowest BCUT2D eigenvalue weighted by Gasteiger charge is -2.22. The van der Waals surface area contributed by atoms with Crippen LogP contribution in [0.25, 0.3) is 0 Å². The third kappa shape index (κ3) is 3.59. The summed E-state index contributed by atoms with van der Waals surface area (Å²) in [6.45, 7) is 3.93. The summed E-state index contributed by atoms with van der Waals surface area (Å²) in [5.74, 6) is -0.253. The third-order valence-corrected chi connectivity index (χ3v) is 5.28. The smallest absolute Gasteiger partial charge is 0.215 e. The molecule has 1 unspecified atom stereocenters. The molecule has 5 nitrogen and oxygen atoms in total. The molecule has 1 aliphatic rings. The van der Waals surface area contributed by atoms with E-state index < -0.39 is 0 Å². The maximum absolute atomic E-state index is 13.1. The molecule has 0 radical (unpaired) electrons. The number of carbonyl (C=O) groups excluding carboxylic acids is 2. The van der Waals surface area contributed by atoms with E-state index in [9.17, 15) is 9.59 Å². The number of hydrogen-bond acceptors (Lipinski definition) is 5. The molecule has 0 saturated heterocycles. The number of aromatic nitrogens is 1. The molecule has 2 N–H and O–H groups in total. The minimum atomic E-state index is -0.372. The quantitative estimate of drug-likeness (QED) is 0.688. The first kappa shape index (κ1) is 18.7. The summed E-state index contributed by atoms with van der Waals surface area (Å²) in [6, 6.07) is 17.8. The molecule has 0 fully saturated rings. The number of anilines is 1. The Balaban J connectivity index is 1.76. The minimum absolute atomic E-state index is 0.0270. The summed E-state index contributed by atoms with van der Waals surface area (Å²) >= 11 is 0. The number of Topliss-reactive ketones (excluding diaryl/α,β-unsaturated/α-hetero) is 2. The van der Waals surface area contributed by atoms with Gasteiger partial charge >= 0.3 is 0 Å². The topological polar surface area (TPSA) is 85.4 Å². The van der Waals surface area contributed by atoms with Gasteiger partial charge in [0.15, 0.2) is 5.71 Å². The monoisotopic (exact) mass is 383 g/mol. The van der Waals surface area contributed by atoms with E-state index in [0.29, 0.717) is 23.4 Å². The van der Waals surface area contributed by atoms with Crippen molar-refractivity contribution in [1.29, 1.82) is 0 Å². The van der Waals surface area contributed by atoms with Gasteiger partial charge in [0.1, 0.15) is 5.82 Å². The van der Waals surface area contributed by atoms with Gasteiger partial charge in [0.25, 0.3) is 0 Å². The molecule has 0 spiro atoms. The number of carbonyl (C=O) groups is 2. The van der Waals surface area contributed by atoms with Gasteiger partial charge in [-0.1, -0.05) is 42.5 Å². The Morgan fingerprint density at radius 3 is 2.55 bits per heavy atom. The average Bonchev–Trinajstić information content (AvgIpc) is 2.72. The highest BCUT2D eigenvalue weighted by atomic mass is 16.2. The van der Waals surface area contributed by atoms with Crippen molar-refractivity contribution >= 4 is 23.1 Å². The van der Waals surface area contributed by atoms with Crippen LogP contribution >= 0.6 is 0 Å². The highest BCUT2D eigenvalue weighted by Crippen LogP contribution is 2.31. The van der Waals surface area contributed by atoms with Gasteiger partial charge in [-0.05, 0) is 48.7 Å². The molecule has 3 aromatic rings. The molecule has 29 heavy (non-hydrogen) atoms. The molecule has 2 aromatic carbocycles. The summed E-state index contributed by atoms with van der Waals surface area (Å²) in [5, 5.41) is 0. The fraction of sp³-hybridized carbons (Fsp3) is 0.167. The Labute approximate surface area is 169 Å². The first-order valence-corrected chi connectivity index (χ1v) is 9.49. The highest BCUT2D eigenvalue weighted by Gasteiger charge is 2.32. The molecule has 0 aliphatic carbocycles. The van der Waals surface area contributed by atoms with Gasteiger partial charge in [-0.15, -0.1) is 0 Å². The Morgan fingerprint density at radius 1 is 1.00 bits per heavy atom. The Kier molecular flexibility index (Phi) is 4.80. The van der Waals surface area contributed by atoms with Crippen molar-refractivity contribution in [3.63, 3.8) is 0 Å². The Bertz CT molecular complexity index is 1160. The van der Waals surface area contributed by atoms with E-state index >= 15 is 0 Å². The molecule has 2 heterocycles. The van der Waals surface area contributed by atoms with Crippen LogP contribution in [0.3, 0.4) is 0 Å². The van der Waals surface area contributed by atoms with E-state index in [0.717, 1.165) is 22.4 Å². The molecular weight excluding hydrogens is 362 g/mol. The second-order valence-corrected chi connectivity index (χ2v) is 7.30. The van der Waals surface area contributed by atoms with Gasteiger partial charge in [0, 0.05) is 23.2 Å². The van der Waals surface area contributed by atoms with Crippen LogP contribution in [0.1, 0.15) is 49.1 Å². The third-order valence-electron chi connectivity index (χ3n) is 5.28. The minimum Gasteiger partial charge on any atom is -0.384 e. The van der Waals surface area contributed by atoms with Crippen LogP contribution in [-0.2, 0) is 6.42 Å². The first-order valence-electron chi connectivity index (χ1n) is 9.49. The molecule has 5 heteroatoms. The predicted octanol–water partition coefficient (Wildman–Crippen LogP) is 4.08. The van der Waals surface area contributed by atoms with Crippen LogP contribution in [0.2, 0.25) is 0 Å². The number of pyridine rings is 1. The van der Waals surface area contributed by atoms with Gasteiger partial charge < -0.3 is 5.73 Å². The van der Waals surface area contributed by atoms with Crippen molar-refractivity contribution in [1.82, 2.24) is 4.98 Å². The maximum atomic E-state index is 13.1. The van der Waals surface area contributed by atoms with E-state index in [2.05, 4.69) is 9.98 Å². The highest BCUT2D eigenvalue weighted by molar-refractivity contribution is 6.72. The summed E-state index contributed by atoms with van der Waals surface area (Å²) < 4.78 is 0. The van der Waals surface area contributed by atoms with Gasteiger partial charge in [-0.25, -0.2) is 4.98 Å². The number of nitrogen functional groups attached to an aromatic ring is 1. The molecule has 4 rings (SSSR count). The fourth-order valence-corrected chi connectivity index (χ4v) is 3.55. The van der Waals surface area contributed by atoms with E-state index in [4.69, 9.17) is 5.73 Å². The number of ketones is 2. The van der Waals surface area contributed by atoms with E-state index in [-0.39, 0.29) is 23.3 Å². The number of nitrogens with two attached hydrogens (primary N) is 1. The van der Waals surface area contributed by atoms with Gasteiger partial charge in [0.05, 0.1) is 6.04 Å². The lowest BCUT2D eigenvalue weighted by atomic mass is 9.87. The number of aliphatic imine (C=N–C) groups is 1. The fourth-order valence-electron chi connectivity index (χ4n) is 3.55. The van der Waals surface area contributed by atoms with Crippen molar-refractivity contribution in [3.05, 3.63) is 94.2 Å². The van der Waals surface area contributed by atoms with Crippen molar-refractivity contribution in [2.45, 2.75) is 26.3 Å². The first-order chi connectivity index (χ1) is 13.9. The predicted molar refractivity (Wildman–Crippen MR) is 114 cm³/mol. The molecule has 1 atom stereocenters. The van der Waals surface area contributed by atoms with Crippen molar-refractivity contribution in [2.75, 3.05) is 5.73 Å². The molecular formula is C24H21N3O2. The van der Waals surface area contributed by atoms with Crippen LogP contribution in [-0.4, -0.2) is 22.3 Å². The van der Waals surface area contributed by atoms with Gasteiger partial charge in [-0.3, -0.25) is 14.6 Å². The lowest BCUT2D eigenvalue weighted by molar-refractivity contribution is 0.101. The van der Waals surface area contributed by atoms with Crippen LogP contribution in [0, 0.1) is 13.8 Å². The summed E-state index contributed by atoms with van der Waals surface area (Å²) in [7, 11) is 0. The number of rotatable bonds is 4. The molecule has 144 valence electrons. The van der Waals surface area contributed by atoms with E-state index in [1.807, 2.05) is 50.2 Å². The van der Waals surface area contributed by atoms with E-state index in [1.165, 1.54) is 0 Å². The largest absolute Gasteiger partial charge is 0.384 e. The number of hydrogen-bond donors (Lipinski definition) is 1. The average molecular weight is 383 g/mol. The zero-order chi connectivity index (χ0) is 20.5. The van der Waals surface area contributed by atoms with Crippen LogP contribution in [0.15, 0.2) is 65.7 Å². The summed E-state index contributed by atoms with van der Waals surface area (Å²) in [5.41, 5.74) is 10.4. The Morgan fingerprint density at radius 2 is 1.79 bits per heavy atom. The molecule has 1 aromatic heterocycles. The SMILES string of the molecule is Cc1ccc(C(=O)C2=NC(Cc3cccc(N)n3)c3ccccc3C2=O)cc1C. The second kappa shape index (κ2) is 7.43. The number of benzene rings is 2. The van der Waals surface area contributed by atoms with Crippen LogP contribution in [0.5, 0.6) is 0 Å². The lowest BCUT2D eigenvalue weighted by Crippen LogP contribution is -2.30. The Hall–Kier alpha value is -3.60. The standard InChI is InChI=1S/C24H21N3O2/c1-14-10-11-16(12-15(14)2)23(28)22-24(29)19-8-4-3-7-18(19)20(27-22)13-17-6-5-9-21(25)26-17/h3-12,20H,13H2,1-2H3,(H2,25,26). The molecule has 1 aliphatic heterocycles. The van der Waals surface area contributed by atoms with Crippen LogP contribution < -0.4 is 5.73 Å². The summed E-state index contributed by atoms with van der Waals surface area (Å²) in [4.78, 5) is 35.1. The summed E-state index contributed by atoms with van der Waals surface area (Å²) in [6.07, 6.45) is 0.457. The van der Waals surface area contributed by atoms with Crippen molar-refractivity contribution in [3.8, 4) is 0 Å². The second-order valence-electron chi connectivity index (χ2n) is 7.30. The molecule has 0 saturated carbocycles. The molecule has 0 bridgehead atoms. The van der Waals surface area contributed by atoms with Crippen molar-refractivity contribution in [2.24, 2.45) is 4.99 Å². The van der Waals surface area contributed by atoms with Crippen LogP contribution in [0.4, 0.5) is 5.82 Å². The maximum Gasteiger partial charge on any atom is 0.215 e. The number of fused-ring (bicyclic) bond motifs is 1. The molecule has 0 amide bonds. The van der Waals surface area contributed by atoms with Crippen molar-refractivity contribution < 1.29 is 9.59 Å². The zero-order valence-electron chi connectivity index (χ0n) is 16.3. The normalized spacial score (nSPS) is 15.6. The van der Waals surface area contributed by atoms with Gasteiger partial charge in [0.2, 0.25) is 11.6 Å². The zero-order valence-corrected chi connectivity index (χ0v) is 16.3. The van der Waals surface area contributed by atoms with E-state index in [1.54, 1.807) is 24.3 Å². The number of nitrogens with zero attached hydrogens (tertiary/aromatic N) is 2.